The Balaban J connectivity index is 2.10. The summed E-state index contributed by atoms with van der Waals surface area (Å²) in [6.45, 7) is 2.25. The number of allylic oxidation sites excluding steroid dienone is 1. The lowest BCUT2D eigenvalue weighted by Gasteiger charge is -2.04. The Bertz CT molecular complexity index is 410. The molecule has 3 heteroatoms. The van der Waals surface area contributed by atoms with Crippen LogP contribution in [0.5, 0.6) is 0 Å². The molecule has 78 valence electrons. The standard InChI is InChI=1S/C12H13NO2/c1-2-15-12(14)8-9-5-6-11-10(9)4-3-7-13-11/h3-5,7H,2,6,8H2,1H3. The van der Waals surface area contributed by atoms with Crippen LogP contribution in [0.3, 0.4) is 0 Å². The van der Waals surface area contributed by atoms with Gasteiger partial charge in [0.05, 0.1) is 18.7 Å². The zero-order valence-corrected chi connectivity index (χ0v) is 8.69. The van der Waals surface area contributed by atoms with Crippen molar-refractivity contribution in [3.8, 4) is 0 Å². The summed E-state index contributed by atoms with van der Waals surface area (Å²) >= 11 is 0. The average molecular weight is 203 g/mol. The summed E-state index contributed by atoms with van der Waals surface area (Å²) in [5.41, 5.74) is 3.18. The van der Waals surface area contributed by atoms with Crippen LogP contribution >= 0.6 is 0 Å². The fourth-order valence-corrected chi connectivity index (χ4v) is 1.76. The quantitative estimate of drug-likeness (QED) is 0.705. The lowest BCUT2D eigenvalue weighted by Crippen LogP contribution is -2.04. The number of esters is 1. The van der Waals surface area contributed by atoms with Gasteiger partial charge in [-0.15, -0.1) is 0 Å². The topological polar surface area (TPSA) is 39.2 Å². The van der Waals surface area contributed by atoms with Crippen LogP contribution < -0.4 is 0 Å². The molecule has 0 amide bonds. The van der Waals surface area contributed by atoms with E-state index in [-0.39, 0.29) is 5.97 Å². The first-order chi connectivity index (χ1) is 7.31. The van der Waals surface area contributed by atoms with Gasteiger partial charge in [0.1, 0.15) is 0 Å². The van der Waals surface area contributed by atoms with Crippen LogP contribution in [0.25, 0.3) is 5.57 Å². The number of ether oxygens (including phenoxy) is 1. The van der Waals surface area contributed by atoms with Gasteiger partial charge in [-0.25, -0.2) is 0 Å². The van der Waals surface area contributed by atoms with Crippen LogP contribution in [0, 0.1) is 0 Å². The molecule has 1 aliphatic rings. The monoisotopic (exact) mass is 203 g/mol. The van der Waals surface area contributed by atoms with Crippen molar-refractivity contribution in [2.45, 2.75) is 19.8 Å². The molecule has 0 aliphatic heterocycles. The van der Waals surface area contributed by atoms with Crippen molar-refractivity contribution in [1.82, 2.24) is 4.98 Å². The number of nitrogens with zero attached hydrogens (tertiary/aromatic N) is 1. The lowest BCUT2D eigenvalue weighted by atomic mass is 10.1. The lowest BCUT2D eigenvalue weighted by molar-refractivity contribution is -0.141. The van der Waals surface area contributed by atoms with E-state index in [1.165, 1.54) is 0 Å². The minimum Gasteiger partial charge on any atom is -0.466 e. The molecule has 0 bridgehead atoms. The Kier molecular flexibility index (Phi) is 2.81. The molecular weight excluding hydrogens is 190 g/mol. The van der Waals surface area contributed by atoms with Gasteiger partial charge in [0, 0.05) is 12.6 Å². The maximum Gasteiger partial charge on any atom is 0.310 e. The van der Waals surface area contributed by atoms with Crippen molar-refractivity contribution in [2.24, 2.45) is 0 Å². The van der Waals surface area contributed by atoms with E-state index >= 15 is 0 Å². The molecule has 0 saturated heterocycles. The van der Waals surface area contributed by atoms with Crippen molar-refractivity contribution < 1.29 is 9.53 Å². The van der Waals surface area contributed by atoms with Crippen LogP contribution in [0.1, 0.15) is 24.6 Å². The highest BCUT2D eigenvalue weighted by molar-refractivity contribution is 5.87. The number of carbonyl (C=O) groups excluding carboxylic acids is 1. The highest BCUT2D eigenvalue weighted by atomic mass is 16.5. The number of aromatic nitrogens is 1. The fourth-order valence-electron chi connectivity index (χ4n) is 1.76. The number of fused-ring (bicyclic) bond motifs is 1. The van der Waals surface area contributed by atoms with E-state index in [2.05, 4.69) is 11.1 Å². The van der Waals surface area contributed by atoms with E-state index in [0.29, 0.717) is 13.0 Å². The van der Waals surface area contributed by atoms with Gasteiger partial charge in [-0.3, -0.25) is 9.78 Å². The third-order valence-corrected chi connectivity index (χ3v) is 2.42. The number of carbonyl (C=O) groups is 1. The number of pyridine rings is 1. The molecule has 0 unspecified atom stereocenters. The normalized spacial score (nSPS) is 13.3. The third-order valence-electron chi connectivity index (χ3n) is 2.42. The summed E-state index contributed by atoms with van der Waals surface area (Å²) in [7, 11) is 0. The second-order valence-corrected chi connectivity index (χ2v) is 3.41. The van der Waals surface area contributed by atoms with Crippen molar-refractivity contribution in [2.75, 3.05) is 6.61 Å². The Morgan fingerprint density at radius 2 is 2.47 bits per heavy atom. The van der Waals surface area contributed by atoms with E-state index in [1.807, 2.05) is 19.1 Å². The molecule has 0 atom stereocenters. The van der Waals surface area contributed by atoms with Crippen molar-refractivity contribution >= 4 is 11.5 Å². The van der Waals surface area contributed by atoms with Gasteiger partial charge in [0.15, 0.2) is 0 Å². The first-order valence-electron chi connectivity index (χ1n) is 5.10. The van der Waals surface area contributed by atoms with Crippen molar-refractivity contribution in [1.29, 1.82) is 0 Å². The molecule has 0 saturated carbocycles. The molecule has 0 spiro atoms. The first-order valence-corrected chi connectivity index (χ1v) is 5.10. The summed E-state index contributed by atoms with van der Waals surface area (Å²) in [5.74, 6) is -0.166. The minimum atomic E-state index is -0.166. The Morgan fingerprint density at radius 3 is 3.27 bits per heavy atom. The summed E-state index contributed by atoms with van der Waals surface area (Å²) in [6, 6.07) is 3.89. The molecule has 0 radical (unpaired) electrons. The molecule has 0 N–H and O–H groups in total. The maximum atomic E-state index is 11.3. The second-order valence-electron chi connectivity index (χ2n) is 3.41. The van der Waals surface area contributed by atoms with Gasteiger partial charge in [-0.05, 0) is 24.1 Å². The van der Waals surface area contributed by atoms with Gasteiger partial charge in [0.2, 0.25) is 0 Å². The number of hydrogen-bond acceptors (Lipinski definition) is 3. The maximum absolute atomic E-state index is 11.3. The predicted molar refractivity (Wildman–Crippen MR) is 57.2 cm³/mol. The van der Waals surface area contributed by atoms with Gasteiger partial charge in [-0.1, -0.05) is 12.1 Å². The second kappa shape index (κ2) is 4.26. The van der Waals surface area contributed by atoms with Gasteiger partial charge >= 0.3 is 5.97 Å². The van der Waals surface area contributed by atoms with Gasteiger partial charge in [0.25, 0.3) is 0 Å². The van der Waals surface area contributed by atoms with E-state index in [0.717, 1.165) is 23.3 Å². The summed E-state index contributed by atoms with van der Waals surface area (Å²) in [5, 5.41) is 0. The van der Waals surface area contributed by atoms with E-state index in [1.54, 1.807) is 6.20 Å². The molecule has 1 aliphatic carbocycles. The zero-order chi connectivity index (χ0) is 10.7. The molecular formula is C12H13NO2. The zero-order valence-electron chi connectivity index (χ0n) is 8.69. The van der Waals surface area contributed by atoms with Crippen LogP contribution in [-0.4, -0.2) is 17.6 Å². The van der Waals surface area contributed by atoms with E-state index < -0.39 is 0 Å². The molecule has 2 rings (SSSR count). The van der Waals surface area contributed by atoms with Crippen molar-refractivity contribution in [3.63, 3.8) is 0 Å². The van der Waals surface area contributed by atoms with Crippen LogP contribution in [-0.2, 0) is 16.0 Å². The Labute approximate surface area is 88.8 Å². The summed E-state index contributed by atoms with van der Waals surface area (Å²) in [4.78, 5) is 15.6. The SMILES string of the molecule is CCOC(=O)CC1=CCc2ncccc21. The Morgan fingerprint density at radius 1 is 1.60 bits per heavy atom. The largest absolute Gasteiger partial charge is 0.466 e. The molecule has 1 heterocycles. The van der Waals surface area contributed by atoms with Crippen LogP contribution in [0.2, 0.25) is 0 Å². The first kappa shape index (κ1) is 9.90. The molecule has 15 heavy (non-hydrogen) atoms. The van der Waals surface area contributed by atoms with Crippen LogP contribution in [0.15, 0.2) is 24.4 Å². The Hall–Kier alpha value is -1.64. The number of hydrogen-bond donors (Lipinski definition) is 0. The van der Waals surface area contributed by atoms with Crippen LogP contribution in [0.4, 0.5) is 0 Å². The highest BCUT2D eigenvalue weighted by Gasteiger charge is 2.17. The van der Waals surface area contributed by atoms with Gasteiger partial charge < -0.3 is 4.74 Å². The average Bonchev–Trinajstić information content (AvgIpc) is 2.62. The minimum absolute atomic E-state index is 0.166. The van der Waals surface area contributed by atoms with Crippen molar-refractivity contribution in [3.05, 3.63) is 35.7 Å². The predicted octanol–water partition coefficient (Wildman–Crippen LogP) is 1.97. The molecule has 0 fully saturated rings. The smallest absolute Gasteiger partial charge is 0.310 e. The molecule has 1 aromatic rings. The molecule has 0 aromatic carbocycles. The highest BCUT2D eigenvalue weighted by Crippen LogP contribution is 2.28. The van der Waals surface area contributed by atoms with E-state index in [9.17, 15) is 4.79 Å². The van der Waals surface area contributed by atoms with E-state index in [4.69, 9.17) is 4.74 Å². The fraction of sp³-hybridized carbons (Fsp3) is 0.333. The van der Waals surface area contributed by atoms with Gasteiger partial charge in [-0.2, -0.15) is 0 Å². The molecule has 1 aromatic heterocycles. The summed E-state index contributed by atoms with van der Waals surface area (Å²) < 4.78 is 4.92. The third kappa shape index (κ3) is 2.06. The summed E-state index contributed by atoms with van der Waals surface area (Å²) in [6.07, 6.45) is 5.01. The molecule has 3 nitrogen and oxygen atoms in total. The number of rotatable bonds is 3.